The SMILES string of the molecule is CCC1(CCCCCOC=C(CC23CC4CC(CC(C4)C2)C3)C(=O)O)COC1. The number of hydrogen-bond acceptors (Lipinski definition) is 3. The first kappa shape index (κ1) is 20.3. The normalized spacial score (nSPS) is 35.6. The molecule has 0 aromatic carbocycles. The molecule has 158 valence electrons. The predicted molar refractivity (Wildman–Crippen MR) is 109 cm³/mol. The third-order valence-electron chi connectivity index (χ3n) is 8.27. The Morgan fingerprint density at radius 2 is 1.71 bits per heavy atom. The molecule has 0 spiro atoms. The zero-order valence-electron chi connectivity index (χ0n) is 17.6. The number of hydrogen-bond donors (Lipinski definition) is 1. The van der Waals surface area contributed by atoms with Crippen LogP contribution in [0.25, 0.3) is 0 Å². The lowest BCUT2D eigenvalue weighted by molar-refractivity contribution is -0.134. The van der Waals surface area contributed by atoms with Crippen molar-refractivity contribution in [3.63, 3.8) is 0 Å². The van der Waals surface area contributed by atoms with Gasteiger partial charge in [-0.3, -0.25) is 0 Å². The molecule has 4 heteroatoms. The van der Waals surface area contributed by atoms with Crippen molar-refractivity contribution < 1.29 is 19.4 Å². The van der Waals surface area contributed by atoms with Crippen LogP contribution in [-0.2, 0) is 14.3 Å². The van der Waals surface area contributed by atoms with Gasteiger partial charge >= 0.3 is 5.97 Å². The number of carboxylic acid groups (broad SMARTS) is 1. The van der Waals surface area contributed by atoms with Gasteiger partial charge in [-0.2, -0.15) is 0 Å². The molecular formula is C24H38O4. The van der Waals surface area contributed by atoms with Crippen molar-refractivity contribution in [2.45, 2.75) is 84.0 Å². The van der Waals surface area contributed by atoms with Crippen LogP contribution >= 0.6 is 0 Å². The van der Waals surface area contributed by atoms with Gasteiger partial charge < -0.3 is 14.6 Å². The Labute approximate surface area is 170 Å². The van der Waals surface area contributed by atoms with Crippen LogP contribution in [0.4, 0.5) is 0 Å². The predicted octanol–water partition coefficient (Wildman–Crippen LogP) is 5.57. The minimum Gasteiger partial charge on any atom is -0.501 e. The Balaban J connectivity index is 1.20. The molecule has 28 heavy (non-hydrogen) atoms. The van der Waals surface area contributed by atoms with Crippen LogP contribution in [-0.4, -0.2) is 30.9 Å². The summed E-state index contributed by atoms with van der Waals surface area (Å²) in [5, 5.41) is 9.71. The minimum atomic E-state index is -0.786. The van der Waals surface area contributed by atoms with E-state index in [9.17, 15) is 9.90 Å². The minimum absolute atomic E-state index is 0.252. The first-order valence-electron chi connectivity index (χ1n) is 11.6. The van der Waals surface area contributed by atoms with Gasteiger partial charge in [-0.15, -0.1) is 0 Å². The van der Waals surface area contributed by atoms with Gasteiger partial charge in [-0.25, -0.2) is 4.79 Å². The molecule has 4 aliphatic carbocycles. The highest BCUT2D eigenvalue weighted by atomic mass is 16.5. The van der Waals surface area contributed by atoms with Gasteiger partial charge in [0.05, 0.1) is 31.7 Å². The number of unbranched alkanes of at least 4 members (excludes halogenated alkanes) is 2. The van der Waals surface area contributed by atoms with Crippen LogP contribution in [0.15, 0.2) is 11.8 Å². The summed E-state index contributed by atoms with van der Waals surface area (Å²) in [6.07, 6.45) is 16.0. The van der Waals surface area contributed by atoms with Gasteiger partial charge in [0.15, 0.2) is 0 Å². The largest absolute Gasteiger partial charge is 0.501 e. The van der Waals surface area contributed by atoms with E-state index in [4.69, 9.17) is 9.47 Å². The fourth-order valence-corrected chi connectivity index (χ4v) is 7.02. The summed E-state index contributed by atoms with van der Waals surface area (Å²) in [6, 6.07) is 0. The second-order valence-electron chi connectivity index (χ2n) is 10.6. The maximum absolute atomic E-state index is 11.8. The van der Waals surface area contributed by atoms with Gasteiger partial charge in [0, 0.05) is 5.41 Å². The van der Waals surface area contributed by atoms with Crippen LogP contribution in [0.1, 0.15) is 84.0 Å². The molecule has 5 rings (SSSR count). The smallest absolute Gasteiger partial charge is 0.334 e. The van der Waals surface area contributed by atoms with E-state index in [1.54, 1.807) is 6.26 Å². The average Bonchev–Trinajstić information content (AvgIpc) is 2.60. The summed E-state index contributed by atoms with van der Waals surface area (Å²) >= 11 is 0. The molecule has 5 aliphatic rings. The van der Waals surface area contributed by atoms with Crippen molar-refractivity contribution >= 4 is 5.97 Å². The summed E-state index contributed by atoms with van der Waals surface area (Å²) in [5.41, 5.74) is 1.19. The molecule has 1 heterocycles. The summed E-state index contributed by atoms with van der Waals surface area (Å²) in [4.78, 5) is 11.8. The molecule has 0 unspecified atom stereocenters. The lowest BCUT2D eigenvalue weighted by atomic mass is 9.48. The number of carbonyl (C=O) groups is 1. The van der Waals surface area contributed by atoms with Crippen LogP contribution in [0.3, 0.4) is 0 Å². The summed E-state index contributed by atoms with van der Waals surface area (Å²) in [6.45, 7) is 4.74. The highest BCUT2D eigenvalue weighted by molar-refractivity contribution is 5.86. The molecule has 0 atom stereocenters. The van der Waals surface area contributed by atoms with Gasteiger partial charge in [0.1, 0.15) is 0 Å². The van der Waals surface area contributed by atoms with E-state index in [0.717, 1.165) is 43.8 Å². The molecule has 4 saturated carbocycles. The Kier molecular flexibility index (Phi) is 6.06. The monoisotopic (exact) mass is 390 g/mol. The molecule has 4 nitrogen and oxygen atoms in total. The fraction of sp³-hybridized carbons (Fsp3) is 0.875. The highest BCUT2D eigenvalue weighted by Gasteiger charge is 2.51. The number of carboxylic acids is 1. The van der Waals surface area contributed by atoms with Crippen LogP contribution in [0.5, 0.6) is 0 Å². The Bertz CT molecular complexity index is 549. The molecule has 1 N–H and O–H groups in total. The molecular weight excluding hydrogens is 352 g/mol. The summed E-state index contributed by atoms with van der Waals surface area (Å²) in [5.74, 6) is 1.78. The lowest BCUT2D eigenvalue weighted by Crippen LogP contribution is -2.46. The van der Waals surface area contributed by atoms with Crippen LogP contribution < -0.4 is 0 Å². The number of aliphatic carboxylic acids is 1. The van der Waals surface area contributed by atoms with Crippen molar-refractivity contribution in [1.82, 2.24) is 0 Å². The number of rotatable bonds is 11. The number of ether oxygens (including phenoxy) is 2. The molecule has 0 radical (unpaired) electrons. The first-order valence-corrected chi connectivity index (χ1v) is 11.6. The third kappa shape index (κ3) is 4.42. The average molecular weight is 391 g/mol. The molecule has 0 aromatic rings. The van der Waals surface area contributed by atoms with E-state index in [2.05, 4.69) is 6.92 Å². The molecule has 1 aliphatic heterocycles. The van der Waals surface area contributed by atoms with Gasteiger partial charge in [-0.1, -0.05) is 19.8 Å². The van der Waals surface area contributed by atoms with Crippen molar-refractivity contribution in [3.05, 3.63) is 11.8 Å². The molecule has 0 amide bonds. The topological polar surface area (TPSA) is 55.8 Å². The third-order valence-corrected chi connectivity index (χ3v) is 8.27. The maximum Gasteiger partial charge on any atom is 0.334 e. The van der Waals surface area contributed by atoms with Crippen LogP contribution in [0.2, 0.25) is 0 Å². The van der Waals surface area contributed by atoms with E-state index in [0.29, 0.717) is 24.0 Å². The van der Waals surface area contributed by atoms with E-state index in [1.165, 1.54) is 57.8 Å². The Hall–Kier alpha value is -1.03. The standard InChI is InChI=1S/C24H38O4/c1-2-23(16-28-17-23)6-4-3-5-7-27-15-21(22(25)26)14-24-11-18-8-19(12-24)10-20(9-18)13-24/h15,18-20H,2-14,16-17H2,1H3,(H,25,26). The second kappa shape index (κ2) is 8.38. The van der Waals surface area contributed by atoms with Crippen molar-refractivity contribution in [2.24, 2.45) is 28.6 Å². The van der Waals surface area contributed by atoms with Gasteiger partial charge in [0.25, 0.3) is 0 Å². The zero-order chi connectivity index (χ0) is 19.6. The Morgan fingerprint density at radius 1 is 1.07 bits per heavy atom. The van der Waals surface area contributed by atoms with E-state index >= 15 is 0 Å². The molecule has 5 fully saturated rings. The highest BCUT2D eigenvalue weighted by Crippen LogP contribution is 2.62. The maximum atomic E-state index is 11.8. The van der Waals surface area contributed by atoms with Crippen molar-refractivity contribution in [2.75, 3.05) is 19.8 Å². The molecule has 0 aromatic heterocycles. The van der Waals surface area contributed by atoms with E-state index in [-0.39, 0.29) is 5.41 Å². The molecule has 4 bridgehead atoms. The van der Waals surface area contributed by atoms with Crippen molar-refractivity contribution in [3.8, 4) is 0 Å². The van der Waals surface area contributed by atoms with Gasteiger partial charge in [0.2, 0.25) is 0 Å². The lowest BCUT2D eigenvalue weighted by Gasteiger charge is -2.57. The quantitative estimate of drug-likeness (QED) is 0.285. The van der Waals surface area contributed by atoms with E-state index < -0.39 is 5.97 Å². The summed E-state index contributed by atoms with van der Waals surface area (Å²) in [7, 11) is 0. The second-order valence-corrected chi connectivity index (χ2v) is 10.6. The van der Waals surface area contributed by atoms with Gasteiger partial charge in [-0.05, 0) is 87.4 Å². The molecule has 1 saturated heterocycles. The van der Waals surface area contributed by atoms with Crippen molar-refractivity contribution in [1.29, 1.82) is 0 Å². The first-order chi connectivity index (χ1) is 13.5. The summed E-state index contributed by atoms with van der Waals surface area (Å²) < 4.78 is 11.1. The fourth-order valence-electron chi connectivity index (χ4n) is 7.02. The van der Waals surface area contributed by atoms with E-state index in [1.807, 2.05) is 0 Å². The van der Waals surface area contributed by atoms with Crippen LogP contribution in [0, 0.1) is 28.6 Å². The Morgan fingerprint density at radius 3 is 2.21 bits per heavy atom. The zero-order valence-corrected chi connectivity index (χ0v) is 17.6.